The quantitative estimate of drug-likeness (QED) is 0.224. The Morgan fingerprint density at radius 3 is 2.33 bits per heavy atom. The van der Waals surface area contributed by atoms with Crippen molar-refractivity contribution >= 4 is 58.4 Å². The molecule has 7 nitrogen and oxygen atoms in total. The highest BCUT2D eigenvalue weighted by molar-refractivity contribution is 6.42. The van der Waals surface area contributed by atoms with Gasteiger partial charge in [0.2, 0.25) is 0 Å². The van der Waals surface area contributed by atoms with Crippen LogP contribution in [0.2, 0.25) is 15.1 Å². The molecular formula is C26H19Cl3N2O5. The minimum atomic E-state index is -1.02. The van der Waals surface area contributed by atoms with Crippen molar-refractivity contribution in [3.63, 3.8) is 0 Å². The van der Waals surface area contributed by atoms with Crippen LogP contribution in [0, 0.1) is 11.3 Å². The molecule has 0 aliphatic rings. The number of halogens is 3. The van der Waals surface area contributed by atoms with Gasteiger partial charge in [0.1, 0.15) is 18.2 Å². The molecule has 3 aromatic carbocycles. The average Bonchev–Trinajstić information content (AvgIpc) is 2.84. The molecule has 0 radical (unpaired) electrons. The average molecular weight is 546 g/mol. The van der Waals surface area contributed by atoms with E-state index in [-0.39, 0.29) is 33.5 Å². The zero-order valence-corrected chi connectivity index (χ0v) is 21.1. The fourth-order valence-corrected chi connectivity index (χ4v) is 3.63. The molecule has 0 bridgehead atoms. The number of carboxylic acid groups (broad SMARTS) is 1. The predicted molar refractivity (Wildman–Crippen MR) is 139 cm³/mol. The molecule has 36 heavy (non-hydrogen) atoms. The van der Waals surface area contributed by atoms with Gasteiger partial charge in [-0.25, -0.2) is 4.79 Å². The molecule has 0 aliphatic carbocycles. The number of rotatable bonds is 9. The van der Waals surface area contributed by atoms with Crippen LogP contribution in [0.3, 0.4) is 0 Å². The fourth-order valence-electron chi connectivity index (χ4n) is 3.06. The lowest BCUT2D eigenvalue weighted by Gasteiger charge is -2.15. The third kappa shape index (κ3) is 6.92. The molecule has 0 saturated carbocycles. The minimum absolute atomic E-state index is 0.115. The first-order valence-electron chi connectivity index (χ1n) is 10.5. The Morgan fingerprint density at radius 1 is 1.00 bits per heavy atom. The lowest BCUT2D eigenvalue weighted by atomic mass is 10.1. The van der Waals surface area contributed by atoms with E-state index in [1.807, 2.05) is 6.07 Å². The Bertz CT molecular complexity index is 1370. The molecule has 3 rings (SSSR count). The topological polar surface area (TPSA) is 109 Å². The van der Waals surface area contributed by atoms with Crippen molar-refractivity contribution in [2.24, 2.45) is 0 Å². The van der Waals surface area contributed by atoms with Gasteiger partial charge in [0.05, 0.1) is 27.2 Å². The number of aromatic carboxylic acids is 1. The first kappa shape index (κ1) is 26.9. The Labute approximate surface area is 222 Å². The van der Waals surface area contributed by atoms with Crippen molar-refractivity contribution in [3.8, 4) is 17.6 Å². The Balaban J connectivity index is 1.82. The van der Waals surface area contributed by atoms with Gasteiger partial charge in [-0.05, 0) is 66.6 Å². The molecule has 0 saturated heterocycles. The van der Waals surface area contributed by atoms with Crippen LogP contribution in [-0.2, 0) is 11.4 Å². The molecule has 0 aliphatic heterocycles. The largest absolute Gasteiger partial charge is 0.490 e. The standard InChI is InChI=1S/C26H19Cl3N2O5/c1-2-35-23-11-16(9-18(13-30)25(32)31-19-7-8-20(27)21(28)12-19)10-22(29)24(23)36-14-15-3-5-17(6-4-15)26(33)34/h3-12H,2,14H2,1H3,(H,31,32)(H,33,34)/b18-9+. The molecule has 0 aromatic heterocycles. The van der Waals surface area contributed by atoms with Gasteiger partial charge < -0.3 is 19.9 Å². The molecule has 0 unspecified atom stereocenters. The second-order valence-electron chi connectivity index (χ2n) is 7.31. The number of benzene rings is 3. The van der Waals surface area contributed by atoms with E-state index in [1.54, 1.807) is 31.2 Å². The molecule has 0 atom stereocenters. The highest BCUT2D eigenvalue weighted by atomic mass is 35.5. The van der Waals surface area contributed by atoms with Gasteiger partial charge in [-0.1, -0.05) is 46.9 Å². The van der Waals surface area contributed by atoms with Gasteiger partial charge in [0.15, 0.2) is 11.5 Å². The van der Waals surface area contributed by atoms with Crippen molar-refractivity contribution in [2.45, 2.75) is 13.5 Å². The number of hydrogen-bond donors (Lipinski definition) is 2. The number of nitriles is 1. The van der Waals surface area contributed by atoms with Crippen LogP contribution in [0.25, 0.3) is 6.08 Å². The maximum absolute atomic E-state index is 12.6. The summed E-state index contributed by atoms with van der Waals surface area (Å²) >= 11 is 18.3. The summed E-state index contributed by atoms with van der Waals surface area (Å²) in [5.74, 6) is -1.07. The van der Waals surface area contributed by atoms with Gasteiger partial charge in [-0.2, -0.15) is 5.26 Å². The summed E-state index contributed by atoms with van der Waals surface area (Å²) in [6.07, 6.45) is 1.37. The maximum atomic E-state index is 12.6. The molecule has 0 spiro atoms. The molecule has 3 aromatic rings. The van der Waals surface area contributed by atoms with Gasteiger partial charge >= 0.3 is 5.97 Å². The minimum Gasteiger partial charge on any atom is -0.490 e. The number of nitrogens with one attached hydrogen (secondary N) is 1. The zero-order chi connectivity index (χ0) is 26.2. The van der Waals surface area contributed by atoms with E-state index in [9.17, 15) is 14.9 Å². The smallest absolute Gasteiger partial charge is 0.335 e. The van der Waals surface area contributed by atoms with Crippen molar-refractivity contribution in [2.75, 3.05) is 11.9 Å². The van der Waals surface area contributed by atoms with Crippen LogP contribution in [0.1, 0.15) is 28.4 Å². The summed E-state index contributed by atoms with van der Waals surface area (Å²) in [6.45, 7) is 2.22. The highest BCUT2D eigenvalue weighted by Gasteiger charge is 2.15. The monoisotopic (exact) mass is 544 g/mol. The third-order valence-electron chi connectivity index (χ3n) is 4.77. The molecule has 10 heteroatoms. The fraction of sp³-hybridized carbons (Fsp3) is 0.115. The lowest BCUT2D eigenvalue weighted by molar-refractivity contribution is -0.112. The second-order valence-corrected chi connectivity index (χ2v) is 8.53. The van der Waals surface area contributed by atoms with Crippen molar-refractivity contribution in [1.29, 1.82) is 5.26 Å². The maximum Gasteiger partial charge on any atom is 0.335 e. The summed E-state index contributed by atoms with van der Waals surface area (Å²) in [5, 5.41) is 22.0. The van der Waals surface area contributed by atoms with Gasteiger partial charge in [-0.15, -0.1) is 0 Å². The lowest BCUT2D eigenvalue weighted by Crippen LogP contribution is -2.13. The number of carbonyl (C=O) groups excluding carboxylic acids is 1. The highest BCUT2D eigenvalue weighted by Crippen LogP contribution is 2.38. The van der Waals surface area contributed by atoms with Crippen LogP contribution in [-0.4, -0.2) is 23.6 Å². The summed E-state index contributed by atoms with van der Waals surface area (Å²) in [4.78, 5) is 23.6. The predicted octanol–water partition coefficient (Wildman–Crippen LogP) is 6.87. The Hall–Kier alpha value is -3.70. The van der Waals surface area contributed by atoms with Crippen LogP contribution in [0.4, 0.5) is 5.69 Å². The first-order valence-corrected chi connectivity index (χ1v) is 11.6. The number of carboxylic acids is 1. The van der Waals surface area contributed by atoms with Gasteiger partial charge in [-0.3, -0.25) is 4.79 Å². The van der Waals surface area contributed by atoms with Crippen LogP contribution in [0.5, 0.6) is 11.5 Å². The number of amides is 1. The number of hydrogen-bond acceptors (Lipinski definition) is 5. The van der Waals surface area contributed by atoms with Gasteiger partial charge in [0, 0.05) is 5.69 Å². The first-order chi connectivity index (χ1) is 17.2. The van der Waals surface area contributed by atoms with E-state index in [4.69, 9.17) is 49.4 Å². The molecule has 184 valence electrons. The second kappa shape index (κ2) is 12.3. The van der Waals surface area contributed by atoms with E-state index < -0.39 is 11.9 Å². The van der Waals surface area contributed by atoms with Crippen molar-refractivity contribution in [1.82, 2.24) is 0 Å². The van der Waals surface area contributed by atoms with Crippen molar-refractivity contribution < 1.29 is 24.2 Å². The molecule has 0 fully saturated rings. The third-order valence-corrected chi connectivity index (χ3v) is 5.79. The van der Waals surface area contributed by atoms with E-state index in [0.717, 1.165) is 5.56 Å². The van der Waals surface area contributed by atoms with Crippen LogP contribution >= 0.6 is 34.8 Å². The summed E-state index contributed by atoms with van der Waals surface area (Å²) in [6, 6.07) is 15.8. The normalized spacial score (nSPS) is 10.9. The van der Waals surface area contributed by atoms with E-state index in [2.05, 4.69) is 5.32 Å². The molecule has 2 N–H and O–H groups in total. The van der Waals surface area contributed by atoms with E-state index in [1.165, 1.54) is 36.4 Å². The number of carbonyl (C=O) groups is 2. The number of nitrogens with zero attached hydrogens (tertiary/aromatic N) is 1. The SMILES string of the molecule is CCOc1cc(/C=C(\C#N)C(=O)Nc2ccc(Cl)c(Cl)c2)cc(Cl)c1OCc1ccc(C(=O)O)cc1. The van der Waals surface area contributed by atoms with Crippen molar-refractivity contribution in [3.05, 3.63) is 91.9 Å². The summed E-state index contributed by atoms with van der Waals surface area (Å²) < 4.78 is 11.5. The zero-order valence-electron chi connectivity index (χ0n) is 18.8. The summed E-state index contributed by atoms with van der Waals surface area (Å²) in [5.41, 5.74) is 1.55. The van der Waals surface area contributed by atoms with Gasteiger partial charge in [0.25, 0.3) is 5.91 Å². The van der Waals surface area contributed by atoms with E-state index in [0.29, 0.717) is 28.6 Å². The van der Waals surface area contributed by atoms with E-state index >= 15 is 0 Å². The van der Waals surface area contributed by atoms with Crippen LogP contribution < -0.4 is 14.8 Å². The number of ether oxygens (including phenoxy) is 2. The Morgan fingerprint density at radius 2 is 1.72 bits per heavy atom. The molecular weight excluding hydrogens is 527 g/mol. The molecule has 0 heterocycles. The van der Waals surface area contributed by atoms with Crippen LogP contribution in [0.15, 0.2) is 60.2 Å². The Kier molecular flexibility index (Phi) is 9.20. The number of anilines is 1. The summed E-state index contributed by atoms with van der Waals surface area (Å²) in [7, 11) is 0. The molecule has 1 amide bonds.